The van der Waals surface area contributed by atoms with Gasteiger partial charge in [0.1, 0.15) is 28.6 Å². The number of rotatable bonds is 5. The van der Waals surface area contributed by atoms with Crippen molar-refractivity contribution in [2.75, 3.05) is 25.5 Å². The number of nitrogens with one attached hydrogen (secondary N) is 2. The zero-order valence-corrected chi connectivity index (χ0v) is 15.4. The van der Waals surface area contributed by atoms with Crippen LogP contribution in [0.4, 0.5) is 5.82 Å². The van der Waals surface area contributed by atoms with Gasteiger partial charge in [0.15, 0.2) is 5.65 Å². The quantitative estimate of drug-likeness (QED) is 0.717. The first kappa shape index (κ1) is 16.4. The zero-order valence-electron chi connectivity index (χ0n) is 15.4. The van der Waals surface area contributed by atoms with Crippen molar-refractivity contribution >= 4 is 11.5 Å². The zero-order chi connectivity index (χ0) is 18.2. The fourth-order valence-electron chi connectivity index (χ4n) is 3.63. The molecule has 3 aromatic rings. The highest BCUT2D eigenvalue weighted by Gasteiger charge is 2.29. The molecule has 0 unspecified atom stereocenters. The van der Waals surface area contributed by atoms with E-state index < -0.39 is 0 Å². The molecule has 1 aliphatic heterocycles. The van der Waals surface area contributed by atoms with E-state index in [1.54, 1.807) is 25.7 Å². The lowest BCUT2D eigenvalue weighted by atomic mass is 10.1. The topological polar surface area (TPSA) is 89.3 Å². The van der Waals surface area contributed by atoms with Crippen molar-refractivity contribution in [3.05, 3.63) is 30.4 Å². The molecule has 1 aliphatic carbocycles. The Morgan fingerprint density at radius 2 is 2.15 bits per heavy atom. The van der Waals surface area contributed by atoms with Gasteiger partial charge < -0.3 is 15.4 Å². The van der Waals surface area contributed by atoms with Crippen LogP contribution in [0.2, 0.25) is 0 Å². The summed E-state index contributed by atoms with van der Waals surface area (Å²) in [5.74, 6) is 2.08. The van der Waals surface area contributed by atoms with Gasteiger partial charge in [-0.3, -0.25) is 4.98 Å². The van der Waals surface area contributed by atoms with Crippen LogP contribution in [-0.2, 0) is 0 Å². The van der Waals surface area contributed by atoms with Crippen LogP contribution in [0.3, 0.4) is 0 Å². The number of hydrogen-bond acceptors (Lipinski definition) is 7. The second kappa shape index (κ2) is 6.77. The average molecular weight is 365 g/mol. The molecule has 1 atom stereocenters. The highest BCUT2D eigenvalue weighted by atomic mass is 16.5. The number of piperidine rings is 1. The van der Waals surface area contributed by atoms with E-state index in [1.165, 1.54) is 6.42 Å². The van der Waals surface area contributed by atoms with Crippen LogP contribution < -0.4 is 15.4 Å². The number of fused-ring (bicyclic) bond motifs is 1. The van der Waals surface area contributed by atoms with Gasteiger partial charge in [0.05, 0.1) is 25.7 Å². The maximum absolute atomic E-state index is 5.51. The third kappa shape index (κ3) is 3.21. The summed E-state index contributed by atoms with van der Waals surface area (Å²) < 4.78 is 7.37. The fourth-order valence-corrected chi connectivity index (χ4v) is 3.63. The number of nitrogens with zero attached hydrogens (tertiary/aromatic N) is 5. The fraction of sp³-hybridized carbons (Fsp3) is 0.474. The minimum atomic E-state index is 0.384. The maximum Gasteiger partial charge on any atom is 0.157 e. The number of imidazole rings is 1. The van der Waals surface area contributed by atoms with E-state index in [2.05, 4.69) is 20.6 Å². The van der Waals surface area contributed by atoms with Crippen LogP contribution in [-0.4, -0.2) is 50.8 Å². The van der Waals surface area contributed by atoms with Crippen molar-refractivity contribution in [3.8, 4) is 17.1 Å². The molecule has 5 rings (SSSR count). The summed E-state index contributed by atoms with van der Waals surface area (Å²) in [4.78, 5) is 13.6. The first-order valence-electron chi connectivity index (χ1n) is 9.54. The van der Waals surface area contributed by atoms with Gasteiger partial charge in [0.25, 0.3) is 0 Å². The van der Waals surface area contributed by atoms with Gasteiger partial charge in [0, 0.05) is 24.6 Å². The van der Waals surface area contributed by atoms with Crippen LogP contribution in [0.1, 0.15) is 37.3 Å². The van der Waals surface area contributed by atoms with E-state index in [9.17, 15) is 0 Å². The lowest BCUT2D eigenvalue weighted by Gasteiger charge is -2.24. The van der Waals surface area contributed by atoms with E-state index in [4.69, 9.17) is 14.8 Å². The highest BCUT2D eigenvalue weighted by Crippen LogP contribution is 2.43. The summed E-state index contributed by atoms with van der Waals surface area (Å²) in [5.41, 5.74) is 3.35. The molecule has 27 heavy (non-hydrogen) atoms. The van der Waals surface area contributed by atoms with Gasteiger partial charge in [-0.25, -0.2) is 14.5 Å². The summed E-state index contributed by atoms with van der Waals surface area (Å²) >= 11 is 0. The highest BCUT2D eigenvalue weighted by molar-refractivity contribution is 5.61. The molecule has 1 saturated carbocycles. The van der Waals surface area contributed by atoms with Crippen LogP contribution in [0, 0.1) is 0 Å². The molecule has 8 heteroatoms. The van der Waals surface area contributed by atoms with Gasteiger partial charge in [-0.2, -0.15) is 5.10 Å². The van der Waals surface area contributed by atoms with Crippen LogP contribution >= 0.6 is 0 Å². The number of anilines is 1. The van der Waals surface area contributed by atoms with Crippen molar-refractivity contribution < 1.29 is 4.74 Å². The van der Waals surface area contributed by atoms with E-state index in [0.717, 1.165) is 66.6 Å². The van der Waals surface area contributed by atoms with Crippen LogP contribution in [0.15, 0.2) is 24.7 Å². The summed E-state index contributed by atoms with van der Waals surface area (Å²) in [6, 6.07) is 2.34. The summed E-state index contributed by atoms with van der Waals surface area (Å²) in [7, 11) is 1.68. The Hall–Kier alpha value is -2.74. The van der Waals surface area contributed by atoms with Gasteiger partial charge in [-0.15, -0.1) is 0 Å². The number of ether oxygens (including phenoxy) is 1. The average Bonchev–Trinajstić information content (AvgIpc) is 3.47. The lowest BCUT2D eigenvalue weighted by molar-refractivity contribution is 0.405. The van der Waals surface area contributed by atoms with E-state index in [1.807, 2.05) is 10.6 Å². The third-order valence-electron chi connectivity index (χ3n) is 5.21. The molecule has 4 heterocycles. The van der Waals surface area contributed by atoms with Crippen molar-refractivity contribution in [1.82, 2.24) is 29.9 Å². The molecular formula is C19H23N7O. The molecule has 140 valence electrons. The number of hydrogen-bond donors (Lipinski definition) is 2. The minimum Gasteiger partial charge on any atom is -0.495 e. The molecule has 0 amide bonds. The molecule has 0 radical (unpaired) electrons. The normalized spacial score (nSPS) is 20.0. The molecule has 2 aliphatic rings. The van der Waals surface area contributed by atoms with Crippen molar-refractivity contribution in [3.63, 3.8) is 0 Å². The van der Waals surface area contributed by atoms with Crippen LogP contribution in [0.25, 0.3) is 17.0 Å². The molecule has 0 aromatic carbocycles. The Morgan fingerprint density at radius 1 is 1.22 bits per heavy atom. The molecule has 1 saturated heterocycles. The third-order valence-corrected chi connectivity index (χ3v) is 5.21. The van der Waals surface area contributed by atoms with Gasteiger partial charge in [-0.1, -0.05) is 0 Å². The van der Waals surface area contributed by atoms with Gasteiger partial charge in [0.2, 0.25) is 0 Å². The lowest BCUT2D eigenvalue weighted by Crippen LogP contribution is -2.38. The van der Waals surface area contributed by atoms with Crippen molar-refractivity contribution in [1.29, 1.82) is 0 Å². The summed E-state index contributed by atoms with van der Waals surface area (Å²) in [5, 5.41) is 11.7. The monoisotopic (exact) mass is 365 g/mol. The number of aromatic nitrogens is 5. The second-order valence-electron chi connectivity index (χ2n) is 7.26. The molecular weight excluding hydrogens is 342 g/mol. The smallest absolute Gasteiger partial charge is 0.157 e. The van der Waals surface area contributed by atoms with Gasteiger partial charge >= 0.3 is 0 Å². The summed E-state index contributed by atoms with van der Waals surface area (Å²) in [6.07, 6.45) is 9.97. The predicted molar refractivity (Wildman–Crippen MR) is 102 cm³/mol. The Balaban J connectivity index is 1.49. The Bertz CT molecular complexity index is 960. The second-order valence-corrected chi connectivity index (χ2v) is 7.26. The Morgan fingerprint density at radius 3 is 2.93 bits per heavy atom. The van der Waals surface area contributed by atoms with Crippen LogP contribution in [0.5, 0.6) is 5.75 Å². The number of methoxy groups -OCH3 is 1. The first-order valence-corrected chi connectivity index (χ1v) is 9.54. The molecule has 8 nitrogen and oxygen atoms in total. The van der Waals surface area contributed by atoms with Crippen molar-refractivity contribution in [2.24, 2.45) is 0 Å². The molecule has 0 spiro atoms. The minimum absolute atomic E-state index is 0.384. The molecule has 2 fully saturated rings. The predicted octanol–water partition coefficient (Wildman–Crippen LogP) is 2.24. The van der Waals surface area contributed by atoms with E-state index in [0.29, 0.717) is 12.0 Å². The maximum atomic E-state index is 5.51. The van der Waals surface area contributed by atoms with E-state index in [-0.39, 0.29) is 0 Å². The SMILES string of the molecule is COc1cc2ncc(-c3cncc(N[C@@H]4CCCNC4)n3)n2nc1C1CC1. The summed E-state index contributed by atoms with van der Waals surface area (Å²) in [6.45, 7) is 2.04. The van der Waals surface area contributed by atoms with E-state index >= 15 is 0 Å². The largest absolute Gasteiger partial charge is 0.495 e. The molecule has 2 N–H and O–H groups in total. The molecule has 0 bridgehead atoms. The Labute approximate surface area is 157 Å². The van der Waals surface area contributed by atoms with Gasteiger partial charge in [-0.05, 0) is 32.2 Å². The first-order chi connectivity index (χ1) is 13.3. The standard InChI is InChI=1S/C19H23N7O/c1-27-16-7-18-22-10-15(26(18)25-19(16)12-4-5-12)14-9-21-11-17(24-14)23-13-3-2-6-20-8-13/h7,9-13,20H,2-6,8H2,1H3,(H,23,24)/t13-/m1/s1. The van der Waals surface area contributed by atoms with Crippen molar-refractivity contribution in [2.45, 2.75) is 37.6 Å². The Kier molecular flexibility index (Phi) is 4.12. The molecule has 3 aromatic heterocycles.